The number of carbonyl (C=O) groups is 1. The maximum absolute atomic E-state index is 10.9. The first kappa shape index (κ1) is 14.0. The Balaban J connectivity index is 2.57. The Hall–Kier alpha value is -1.10. The van der Waals surface area contributed by atoms with E-state index in [4.69, 9.17) is 5.11 Å². The molecule has 0 saturated carbocycles. The average molecular weight is 256 g/mol. The molecule has 2 N–H and O–H groups in total. The predicted molar refractivity (Wildman–Crippen MR) is 71.0 cm³/mol. The Labute approximate surface area is 106 Å². The minimum atomic E-state index is -0.900. The number of hydrogen-bond donors (Lipinski definition) is 2. The van der Waals surface area contributed by atoms with Gasteiger partial charge in [-0.25, -0.2) is 9.78 Å². The highest BCUT2D eigenvalue weighted by atomic mass is 32.1. The molecule has 0 aliphatic rings. The minimum absolute atomic E-state index is 0.323. The second kappa shape index (κ2) is 6.00. The van der Waals surface area contributed by atoms with E-state index >= 15 is 0 Å². The Bertz CT molecular complexity index is 388. The number of aromatic carboxylic acids is 1. The zero-order chi connectivity index (χ0) is 13.0. The summed E-state index contributed by atoms with van der Waals surface area (Å²) in [5.41, 5.74) is 0.584. The van der Waals surface area contributed by atoms with Gasteiger partial charge in [0.1, 0.15) is 4.88 Å². The van der Waals surface area contributed by atoms with Crippen molar-refractivity contribution in [3.8, 4) is 0 Å². The van der Waals surface area contributed by atoms with Crippen molar-refractivity contribution in [2.24, 2.45) is 5.92 Å². The van der Waals surface area contributed by atoms with Gasteiger partial charge in [-0.2, -0.15) is 0 Å². The number of aryl methyl sites for hydroxylation is 1. The summed E-state index contributed by atoms with van der Waals surface area (Å²) in [6.45, 7) is 8.22. The summed E-state index contributed by atoms with van der Waals surface area (Å²) >= 11 is 1.21. The summed E-state index contributed by atoms with van der Waals surface area (Å²) in [5.74, 6) is -0.213. The van der Waals surface area contributed by atoms with Gasteiger partial charge >= 0.3 is 5.97 Å². The van der Waals surface area contributed by atoms with E-state index in [0.717, 1.165) is 12.8 Å². The van der Waals surface area contributed by atoms with Gasteiger partial charge in [-0.3, -0.25) is 0 Å². The molecule has 96 valence electrons. The highest BCUT2D eigenvalue weighted by Crippen LogP contribution is 2.23. The van der Waals surface area contributed by atoms with Crippen LogP contribution in [0.25, 0.3) is 0 Å². The molecule has 1 aromatic rings. The van der Waals surface area contributed by atoms with Gasteiger partial charge in [0.05, 0.1) is 5.69 Å². The number of nitrogens with zero attached hydrogens (tertiary/aromatic N) is 1. The molecule has 1 atom stereocenters. The number of nitrogens with one attached hydrogen (secondary N) is 1. The fraction of sp³-hybridized carbons (Fsp3) is 0.667. The molecular formula is C12H20N2O2S. The van der Waals surface area contributed by atoms with Crippen molar-refractivity contribution < 1.29 is 9.90 Å². The summed E-state index contributed by atoms with van der Waals surface area (Å²) in [6.07, 6.45) is 2.23. The predicted octanol–water partition coefficient (Wildman–Crippen LogP) is 3.39. The highest BCUT2D eigenvalue weighted by Gasteiger charge is 2.15. The SMILES string of the molecule is Cc1nc(NC(C)CCC(C)C)sc1C(=O)O. The summed E-state index contributed by atoms with van der Waals surface area (Å²) < 4.78 is 0. The van der Waals surface area contributed by atoms with E-state index in [1.807, 2.05) is 0 Å². The lowest BCUT2D eigenvalue weighted by molar-refractivity contribution is 0.0701. The van der Waals surface area contributed by atoms with Crippen molar-refractivity contribution in [3.05, 3.63) is 10.6 Å². The van der Waals surface area contributed by atoms with Gasteiger partial charge in [0.25, 0.3) is 0 Å². The van der Waals surface area contributed by atoms with Crippen LogP contribution in [0.15, 0.2) is 0 Å². The monoisotopic (exact) mass is 256 g/mol. The second-order valence-corrected chi connectivity index (χ2v) is 5.75. The van der Waals surface area contributed by atoms with Gasteiger partial charge in [0.2, 0.25) is 0 Å². The van der Waals surface area contributed by atoms with Crippen molar-refractivity contribution in [1.82, 2.24) is 4.98 Å². The zero-order valence-electron chi connectivity index (χ0n) is 10.8. The largest absolute Gasteiger partial charge is 0.477 e. The highest BCUT2D eigenvalue weighted by molar-refractivity contribution is 7.17. The molecule has 1 aromatic heterocycles. The van der Waals surface area contributed by atoms with Gasteiger partial charge in [0, 0.05) is 6.04 Å². The van der Waals surface area contributed by atoms with Gasteiger partial charge in [-0.1, -0.05) is 25.2 Å². The summed E-state index contributed by atoms with van der Waals surface area (Å²) in [5, 5.41) is 12.9. The molecule has 0 saturated heterocycles. The lowest BCUT2D eigenvalue weighted by atomic mass is 10.0. The van der Waals surface area contributed by atoms with E-state index < -0.39 is 5.97 Å². The first-order chi connectivity index (χ1) is 7.90. The molecule has 4 nitrogen and oxygen atoms in total. The number of aromatic nitrogens is 1. The van der Waals surface area contributed by atoms with Crippen LogP contribution >= 0.6 is 11.3 Å². The van der Waals surface area contributed by atoms with E-state index in [9.17, 15) is 4.79 Å². The molecule has 0 fully saturated rings. The summed E-state index contributed by atoms with van der Waals surface area (Å²) in [7, 11) is 0. The standard InChI is InChI=1S/C12H20N2O2S/c1-7(2)5-6-8(3)13-12-14-9(4)10(17-12)11(15)16/h7-8H,5-6H2,1-4H3,(H,13,14)(H,15,16). The maximum atomic E-state index is 10.9. The number of anilines is 1. The van der Waals surface area contributed by atoms with Crippen molar-refractivity contribution in [1.29, 1.82) is 0 Å². The van der Waals surface area contributed by atoms with Crippen LogP contribution in [0.3, 0.4) is 0 Å². The fourth-order valence-electron chi connectivity index (χ4n) is 1.52. The number of carboxylic acids is 1. The number of hydrogen-bond acceptors (Lipinski definition) is 4. The molecule has 0 radical (unpaired) electrons. The smallest absolute Gasteiger partial charge is 0.347 e. The molecule has 0 bridgehead atoms. The normalized spacial score (nSPS) is 12.8. The molecule has 0 spiro atoms. The third kappa shape index (κ3) is 4.34. The second-order valence-electron chi connectivity index (χ2n) is 4.76. The van der Waals surface area contributed by atoms with Crippen LogP contribution < -0.4 is 5.32 Å². The minimum Gasteiger partial charge on any atom is -0.477 e. The third-order valence-electron chi connectivity index (χ3n) is 2.54. The van der Waals surface area contributed by atoms with Crippen LogP contribution in [0, 0.1) is 12.8 Å². The lowest BCUT2D eigenvalue weighted by Gasteiger charge is -2.13. The molecule has 17 heavy (non-hydrogen) atoms. The van der Waals surface area contributed by atoms with Crippen molar-refractivity contribution in [2.45, 2.75) is 46.6 Å². The summed E-state index contributed by atoms with van der Waals surface area (Å²) in [4.78, 5) is 15.4. The van der Waals surface area contributed by atoms with Crippen LogP contribution in [0.2, 0.25) is 0 Å². The van der Waals surface area contributed by atoms with Gasteiger partial charge in [0.15, 0.2) is 5.13 Å². The van der Waals surface area contributed by atoms with E-state index in [-0.39, 0.29) is 0 Å². The van der Waals surface area contributed by atoms with E-state index in [1.54, 1.807) is 6.92 Å². The Kier molecular flexibility index (Phi) is 4.93. The molecule has 0 aliphatic carbocycles. The van der Waals surface area contributed by atoms with Crippen LogP contribution in [0.4, 0.5) is 5.13 Å². The van der Waals surface area contributed by atoms with Gasteiger partial charge in [-0.15, -0.1) is 0 Å². The Morgan fingerprint density at radius 2 is 2.06 bits per heavy atom. The summed E-state index contributed by atoms with van der Waals surface area (Å²) in [6, 6.07) is 0.324. The molecule has 0 aromatic carbocycles. The molecule has 0 aliphatic heterocycles. The van der Waals surface area contributed by atoms with Crippen molar-refractivity contribution in [3.63, 3.8) is 0 Å². The number of carboxylic acid groups (broad SMARTS) is 1. The molecule has 1 heterocycles. The van der Waals surface area contributed by atoms with Crippen molar-refractivity contribution >= 4 is 22.4 Å². The zero-order valence-corrected chi connectivity index (χ0v) is 11.6. The Morgan fingerprint density at radius 3 is 2.53 bits per heavy atom. The van der Waals surface area contributed by atoms with Crippen LogP contribution in [-0.2, 0) is 0 Å². The van der Waals surface area contributed by atoms with Gasteiger partial charge < -0.3 is 10.4 Å². The molecule has 1 unspecified atom stereocenters. The molecule has 0 amide bonds. The third-order valence-corrected chi connectivity index (χ3v) is 3.61. The number of thiazole rings is 1. The fourth-order valence-corrected chi connectivity index (χ4v) is 2.44. The molecular weight excluding hydrogens is 236 g/mol. The first-order valence-corrected chi connectivity index (χ1v) is 6.69. The van der Waals surface area contributed by atoms with Gasteiger partial charge in [-0.05, 0) is 32.6 Å². The molecule has 1 rings (SSSR count). The van der Waals surface area contributed by atoms with E-state index in [1.165, 1.54) is 11.3 Å². The Morgan fingerprint density at radius 1 is 1.41 bits per heavy atom. The quantitative estimate of drug-likeness (QED) is 0.819. The topological polar surface area (TPSA) is 62.2 Å². The van der Waals surface area contributed by atoms with E-state index in [2.05, 4.69) is 31.1 Å². The van der Waals surface area contributed by atoms with Crippen LogP contribution in [0.1, 0.15) is 49.0 Å². The first-order valence-electron chi connectivity index (χ1n) is 5.87. The molecule has 5 heteroatoms. The van der Waals surface area contributed by atoms with E-state index in [0.29, 0.717) is 27.7 Å². The average Bonchev–Trinajstić information content (AvgIpc) is 2.56. The van der Waals surface area contributed by atoms with Crippen LogP contribution in [0.5, 0.6) is 0 Å². The van der Waals surface area contributed by atoms with Crippen LogP contribution in [-0.4, -0.2) is 22.1 Å². The lowest BCUT2D eigenvalue weighted by Crippen LogP contribution is -2.15. The maximum Gasteiger partial charge on any atom is 0.347 e. The number of rotatable bonds is 6. The van der Waals surface area contributed by atoms with Crippen molar-refractivity contribution in [2.75, 3.05) is 5.32 Å².